The fourth-order valence-electron chi connectivity index (χ4n) is 10.0. The van der Waals surface area contributed by atoms with E-state index in [1.54, 1.807) is 9.59 Å². The maximum Gasteiger partial charge on any atom is 0.113 e. The van der Waals surface area contributed by atoms with Gasteiger partial charge in [-0.25, -0.2) is 0 Å². The van der Waals surface area contributed by atoms with Gasteiger partial charge in [-0.1, -0.05) is 152 Å². The van der Waals surface area contributed by atoms with Crippen LogP contribution < -0.4 is 9.80 Å². The van der Waals surface area contributed by atoms with Crippen molar-refractivity contribution in [3.05, 3.63) is 254 Å². The molecule has 0 amide bonds. The van der Waals surface area contributed by atoms with Crippen LogP contribution in [-0.4, -0.2) is 36.0 Å². The van der Waals surface area contributed by atoms with Crippen molar-refractivity contribution < 1.29 is 0 Å². The van der Waals surface area contributed by atoms with Crippen molar-refractivity contribution in [2.24, 2.45) is 0 Å². The molecular formula is C63H46N8. The lowest BCUT2D eigenvalue weighted by Crippen LogP contribution is -2.30. The molecule has 8 nitrogen and oxygen atoms in total. The van der Waals surface area contributed by atoms with Gasteiger partial charge in [-0.05, 0) is 143 Å². The van der Waals surface area contributed by atoms with E-state index in [0.717, 1.165) is 75.0 Å². The quantitative estimate of drug-likeness (QED) is 0.136. The van der Waals surface area contributed by atoms with E-state index in [1.165, 1.54) is 43.9 Å². The van der Waals surface area contributed by atoms with Crippen LogP contribution in [0.25, 0.3) is 72.8 Å². The van der Waals surface area contributed by atoms with E-state index in [2.05, 4.69) is 222 Å². The van der Waals surface area contributed by atoms with Gasteiger partial charge in [-0.2, -0.15) is 9.59 Å². The van der Waals surface area contributed by atoms with E-state index in [1.807, 2.05) is 36.4 Å². The number of allylic oxidation sites excluding steroid dienone is 4. The highest BCUT2D eigenvalue weighted by atomic mass is 15.5. The zero-order valence-electron chi connectivity index (χ0n) is 38.7. The molecule has 9 aromatic carbocycles. The summed E-state index contributed by atoms with van der Waals surface area (Å²) in [5, 5.41) is 23.8. The molecule has 0 N–H and O–H groups in total. The minimum Gasteiger partial charge on any atom is -0.334 e. The minimum atomic E-state index is 0.0997. The molecule has 0 saturated carbocycles. The molecule has 0 bridgehead atoms. The van der Waals surface area contributed by atoms with Gasteiger partial charge in [-0.15, -0.1) is 20.4 Å². The maximum absolute atomic E-state index is 4.79. The van der Waals surface area contributed by atoms with Crippen LogP contribution in [0.4, 0.5) is 28.4 Å². The second-order valence-electron chi connectivity index (χ2n) is 18.0. The summed E-state index contributed by atoms with van der Waals surface area (Å²) < 4.78 is 0. The molecule has 71 heavy (non-hydrogen) atoms. The molecule has 0 fully saturated rings. The Balaban J connectivity index is 0.764. The smallest absolute Gasteiger partial charge is 0.113 e. The molecule has 2 aromatic heterocycles. The van der Waals surface area contributed by atoms with Crippen LogP contribution in [0.15, 0.2) is 237 Å². The topological polar surface area (TPSA) is 67.9 Å². The number of nitrogens with zero attached hydrogens (tertiary/aromatic N) is 8. The Bertz CT molecular complexity index is 3800. The molecule has 338 valence electrons. The van der Waals surface area contributed by atoms with Crippen molar-refractivity contribution in [2.45, 2.75) is 18.9 Å². The van der Waals surface area contributed by atoms with Crippen LogP contribution >= 0.6 is 0 Å². The molecule has 2 aliphatic carbocycles. The molecule has 2 aliphatic rings. The average molecular weight is 915 g/mol. The third-order valence-corrected chi connectivity index (χ3v) is 13.6. The number of rotatable bonds is 10. The van der Waals surface area contributed by atoms with Crippen molar-refractivity contribution in [3.8, 4) is 22.5 Å². The second-order valence-corrected chi connectivity index (χ2v) is 18.0. The summed E-state index contributed by atoms with van der Waals surface area (Å²) >= 11 is 0. The molecule has 0 radical (unpaired) electrons. The monoisotopic (exact) mass is 914 g/mol. The maximum atomic E-state index is 4.79. The molecule has 8 heteroatoms. The van der Waals surface area contributed by atoms with E-state index >= 15 is 0 Å². The van der Waals surface area contributed by atoms with Crippen LogP contribution in [0.1, 0.15) is 29.8 Å². The summed E-state index contributed by atoms with van der Waals surface area (Å²) in [5.74, 6) is 0. The van der Waals surface area contributed by atoms with Gasteiger partial charge in [0.25, 0.3) is 0 Å². The Kier molecular flexibility index (Phi) is 10.5. The number of fused-ring (bicyclic) bond motifs is 4. The lowest BCUT2D eigenvalue weighted by atomic mass is 9.94. The predicted octanol–water partition coefficient (Wildman–Crippen LogP) is 15.4. The first-order valence-corrected chi connectivity index (χ1v) is 24.1. The lowest BCUT2D eigenvalue weighted by molar-refractivity contribution is 0.747. The van der Waals surface area contributed by atoms with Crippen molar-refractivity contribution in [1.29, 1.82) is 0 Å². The van der Waals surface area contributed by atoms with Gasteiger partial charge in [0.15, 0.2) is 0 Å². The highest BCUT2D eigenvalue weighted by molar-refractivity contribution is 5.99. The number of aromatic nitrogens is 6. The van der Waals surface area contributed by atoms with Gasteiger partial charge in [0.05, 0.1) is 23.1 Å². The Morgan fingerprint density at radius 2 is 0.887 bits per heavy atom. The van der Waals surface area contributed by atoms with Crippen molar-refractivity contribution in [1.82, 2.24) is 30.0 Å². The van der Waals surface area contributed by atoms with Crippen LogP contribution in [0.5, 0.6) is 0 Å². The molecule has 11 aromatic rings. The van der Waals surface area contributed by atoms with Gasteiger partial charge in [0, 0.05) is 33.5 Å². The largest absolute Gasteiger partial charge is 0.334 e. The number of anilines is 5. The van der Waals surface area contributed by atoms with Gasteiger partial charge < -0.3 is 9.80 Å². The zero-order chi connectivity index (χ0) is 47.1. The Morgan fingerprint density at radius 1 is 0.408 bits per heavy atom. The number of benzene rings is 9. The van der Waals surface area contributed by atoms with E-state index < -0.39 is 0 Å². The average Bonchev–Trinajstić information content (AvgIpc) is 4.00. The standard InChI is InChI=1S/C63H46N8/c1-2-18-58-59(19-3-1)65-70(64-58)54-40-36-52(37-41-54)68(62-22-10-14-48-12-4-6-16-56(48)62)50-32-28-46(29-33-50)44-24-26-45(27-25-44)47-30-34-51(35-31-47)69(63-23-11-15-49-13-5-7-17-57(49)63)53-38-42-55(43-39-53)71-66-60-20-8-9-21-61(60)67-71/h2-32,34-43,50H,1,33H2. The Morgan fingerprint density at radius 3 is 1.48 bits per heavy atom. The molecule has 2 heterocycles. The summed E-state index contributed by atoms with van der Waals surface area (Å²) in [5.41, 5.74) is 15.6. The molecule has 0 spiro atoms. The first kappa shape index (κ1) is 41.8. The van der Waals surface area contributed by atoms with Gasteiger partial charge in [0.2, 0.25) is 0 Å². The number of hydrogen-bond donors (Lipinski definition) is 0. The zero-order valence-corrected chi connectivity index (χ0v) is 38.7. The minimum absolute atomic E-state index is 0.0997. The fraction of sp³-hybridized carbons (Fsp3) is 0.0476. The molecule has 1 unspecified atom stereocenters. The fourth-order valence-corrected chi connectivity index (χ4v) is 10.0. The van der Waals surface area contributed by atoms with E-state index in [0.29, 0.717) is 0 Å². The van der Waals surface area contributed by atoms with Crippen molar-refractivity contribution >= 4 is 78.7 Å². The summed E-state index contributed by atoms with van der Waals surface area (Å²) in [6, 6.07) is 73.3. The SMILES string of the molecule is C1=Cc2nn(-c3ccc(N(c4cccc5ccccc45)C4C=CC(c5ccc(-c6ccc(N(c7ccc(-n8nc9ccccc9n8)cc7)c7cccc8ccccc78)cc6)cc5)=CC4)cc3)nc2C=CC1. The Labute approximate surface area is 411 Å². The van der Waals surface area contributed by atoms with Crippen molar-refractivity contribution in [2.75, 3.05) is 9.80 Å². The predicted molar refractivity (Wildman–Crippen MR) is 292 cm³/mol. The second kappa shape index (κ2) is 17.9. The third kappa shape index (κ3) is 7.97. The van der Waals surface area contributed by atoms with Crippen molar-refractivity contribution in [3.63, 3.8) is 0 Å². The molecular weight excluding hydrogens is 869 g/mol. The molecule has 0 aliphatic heterocycles. The van der Waals surface area contributed by atoms with Crippen LogP contribution in [0.3, 0.4) is 0 Å². The summed E-state index contributed by atoms with van der Waals surface area (Å²) in [6.07, 6.45) is 17.1. The highest BCUT2D eigenvalue weighted by Crippen LogP contribution is 2.41. The number of hydrogen-bond acceptors (Lipinski definition) is 6. The third-order valence-electron chi connectivity index (χ3n) is 13.6. The Hall–Kier alpha value is -9.40. The summed E-state index contributed by atoms with van der Waals surface area (Å²) in [7, 11) is 0. The highest BCUT2D eigenvalue weighted by Gasteiger charge is 2.23. The normalized spacial score (nSPS) is 14.1. The molecule has 13 rings (SSSR count). The van der Waals surface area contributed by atoms with Gasteiger partial charge >= 0.3 is 0 Å². The van der Waals surface area contributed by atoms with Crippen LogP contribution in [-0.2, 0) is 0 Å². The summed E-state index contributed by atoms with van der Waals surface area (Å²) in [6.45, 7) is 0. The van der Waals surface area contributed by atoms with Crippen LogP contribution in [0, 0.1) is 0 Å². The molecule has 1 atom stereocenters. The van der Waals surface area contributed by atoms with Gasteiger partial charge in [0.1, 0.15) is 22.4 Å². The van der Waals surface area contributed by atoms with E-state index in [9.17, 15) is 0 Å². The van der Waals surface area contributed by atoms with E-state index in [4.69, 9.17) is 20.4 Å². The lowest BCUT2D eigenvalue weighted by Gasteiger charge is -2.34. The summed E-state index contributed by atoms with van der Waals surface area (Å²) in [4.78, 5) is 8.24. The van der Waals surface area contributed by atoms with Gasteiger partial charge in [-0.3, -0.25) is 0 Å². The first-order chi connectivity index (χ1) is 35.2. The first-order valence-electron chi connectivity index (χ1n) is 24.1. The molecule has 0 saturated heterocycles. The van der Waals surface area contributed by atoms with E-state index in [-0.39, 0.29) is 6.04 Å². The van der Waals surface area contributed by atoms with Crippen LogP contribution in [0.2, 0.25) is 0 Å².